The quantitative estimate of drug-likeness (QED) is 0.706. The van der Waals surface area contributed by atoms with Gasteiger partial charge in [0.1, 0.15) is 24.0 Å². The van der Waals surface area contributed by atoms with Gasteiger partial charge in [-0.25, -0.2) is 14.5 Å². The highest BCUT2D eigenvalue weighted by atomic mass is 31.2. The lowest BCUT2D eigenvalue weighted by Crippen LogP contribution is -2.16. The minimum Gasteiger partial charge on any atom is -0.383 e. The summed E-state index contributed by atoms with van der Waals surface area (Å²) >= 11 is 0. The van der Waals surface area contributed by atoms with Gasteiger partial charge in [-0.2, -0.15) is 0 Å². The topological polar surface area (TPSA) is 133 Å². The molecule has 1 aliphatic heterocycles. The molecule has 1 saturated heterocycles. The molecule has 4 N–H and O–H groups in total. The summed E-state index contributed by atoms with van der Waals surface area (Å²) < 4.78 is 22.7. The van der Waals surface area contributed by atoms with Gasteiger partial charge in [-0.05, 0) is 18.9 Å². The van der Waals surface area contributed by atoms with Crippen molar-refractivity contribution in [2.75, 3.05) is 12.3 Å². The predicted octanol–water partition coefficient (Wildman–Crippen LogP) is 0.800. The van der Waals surface area contributed by atoms with Crippen LogP contribution < -0.4 is 5.73 Å². The van der Waals surface area contributed by atoms with Gasteiger partial charge in [0, 0.05) is 6.20 Å². The molecule has 2 atom stereocenters. The van der Waals surface area contributed by atoms with Crippen LogP contribution in [0.25, 0.3) is 11.0 Å². The summed E-state index contributed by atoms with van der Waals surface area (Å²) in [6, 6.07) is 1.81. The minimum absolute atomic E-state index is 0.142. The van der Waals surface area contributed by atoms with Crippen molar-refractivity contribution in [1.82, 2.24) is 14.5 Å². The van der Waals surface area contributed by atoms with E-state index >= 15 is 0 Å². The van der Waals surface area contributed by atoms with Gasteiger partial charge < -0.3 is 24.8 Å². The third-order valence-electron chi connectivity index (χ3n) is 3.36. The van der Waals surface area contributed by atoms with Crippen LogP contribution in [0, 0.1) is 0 Å². The second-order valence-corrected chi connectivity index (χ2v) is 6.03. The van der Waals surface area contributed by atoms with Crippen molar-refractivity contribution in [3.63, 3.8) is 0 Å². The molecule has 114 valence electrons. The SMILES string of the molecule is Nc1ncnc2c1ccn2[C@H]1CC[C@@H](COP(=O)(O)O)O1. The lowest BCUT2D eigenvalue weighted by Gasteiger charge is -2.16. The number of aromatic nitrogens is 3. The molecular formula is C11H15N4O5P. The first-order valence-corrected chi connectivity index (χ1v) is 7.89. The van der Waals surface area contributed by atoms with Crippen molar-refractivity contribution < 1.29 is 23.6 Å². The second-order valence-electron chi connectivity index (χ2n) is 4.80. The zero-order valence-electron chi connectivity index (χ0n) is 11.0. The highest BCUT2D eigenvalue weighted by molar-refractivity contribution is 7.46. The first kappa shape index (κ1) is 14.4. The maximum atomic E-state index is 10.7. The van der Waals surface area contributed by atoms with Crippen LogP contribution in [0.1, 0.15) is 19.1 Å². The summed E-state index contributed by atoms with van der Waals surface area (Å²) in [6.07, 6.45) is 3.92. The third-order valence-corrected chi connectivity index (χ3v) is 3.85. The van der Waals surface area contributed by atoms with Gasteiger partial charge in [0.15, 0.2) is 0 Å². The zero-order valence-corrected chi connectivity index (χ0v) is 11.9. The summed E-state index contributed by atoms with van der Waals surface area (Å²) in [4.78, 5) is 25.5. The van der Waals surface area contributed by atoms with Gasteiger partial charge >= 0.3 is 7.82 Å². The van der Waals surface area contributed by atoms with Crippen molar-refractivity contribution in [3.05, 3.63) is 18.6 Å². The van der Waals surface area contributed by atoms with Gasteiger partial charge in [0.05, 0.1) is 18.1 Å². The van der Waals surface area contributed by atoms with E-state index in [1.165, 1.54) is 6.33 Å². The molecule has 21 heavy (non-hydrogen) atoms. The Bertz CT molecular complexity index is 699. The molecule has 0 saturated carbocycles. The predicted molar refractivity (Wildman–Crippen MR) is 73.1 cm³/mol. The Labute approximate surface area is 119 Å². The molecule has 0 bridgehead atoms. The molecule has 2 aromatic rings. The Morgan fingerprint density at radius 2 is 2.29 bits per heavy atom. The number of nitrogens with two attached hydrogens (primary N) is 1. The van der Waals surface area contributed by atoms with E-state index in [0.717, 1.165) is 5.39 Å². The Kier molecular flexibility index (Phi) is 3.68. The summed E-state index contributed by atoms with van der Waals surface area (Å²) in [5.41, 5.74) is 6.45. The molecule has 3 rings (SSSR count). The molecule has 9 nitrogen and oxygen atoms in total. The average molecular weight is 314 g/mol. The molecular weight excluding hydrogens is 299 g/mol. The van der Waals surface area contributed by atoms with E-state index in [9.17, 15) is 4.57 Å². The maximum Gasteiger partial charge on any atom is 0.469 e. The van der Waals surface area contributed by atoms with E-state index in [1.807, 2.05) is 16.8 Å². The Balaban J connectivity index is 1.73. The number of rotatable bonds is 4. The number of nitrogens with zero attached hydrogens (tertiary/aromatic N) is 3. The number of nitrogen functional groups attached to an aromatic ring is 1. The van der Waals surface area contributed by atoms with Crippen LogP contribution in [0.3, 0.4) is 0 Å². The Morgan fingerprint density at radius 3 is 3.05 bits per heavy atom. The van der Waals surface area contributed by atoms with Crippen LogP contribution in [0.15, 0.2) is 18.6 Å². The molecule has 0 spiro atoms. The number of anilines is 1. The minimum atomic E-state index is -4.47. The van der Waals surface area contributed by atoms with E-state index in [2.05, 4.69) is 14.5 Å². The molecule has 0 amide bonds. The normalized spacial score (nSPS) is 23.0. The number of ether oxygens (including phenoxy) is 1. The molecule has 1 aliphatic rings. The van der Waals surface area contributed by atoms with Crippen molar-refractivity contribution in [3.8, 4) is 0 Å². The highest BCUT2D eigenvalue weighted by Crippen LogP contribution is 2.38. The molecule has 1 fully saturated rings. The van der Waals surface area contributed by atoms with Gasteiger partial charge in [-0.15, -0.1) is 0 Å². The van der Waals surface area contributed by atoms with Gasteiger partial charge in [0.25, 0.3) is 0 Å². The van der Waals surface area contributed by atoms with Crippen molar-refractivity contribution in [2.24, 2.45) is 0 Å². The van der Waals surface area contributed by atoms with Gasteiger partial charge in [-0.3, -0.25) is 4.52 Å². The molecule has 2 aromatic heterocycles. The fraction of sp³-hybridized carbons (Fsp3) is 0.455. The largest absolute Gasteiger partial charge is 0.469 e. The molecule has 0 radical (unpaired) electrons. The lowest BCUT2D eigenvalue weighted by molar-refractivity contribution is -0.0202. The number of hydrogen-bond donors (Lipinski definition) is 3. The van der Waals surface area contributed by atoms with Crippen molar-refractivity contribution >= 4 is 24.7 Å². The number of phosphoric acid groups is 1. The Morgan fingerprint density at radius 1 is 1.48 bits per heavy atom. The first-order chi connectivity index (χ1) is 9.94. The number of phosphoric ester groups is 1. The van der Waals surface area contributed by atoms with Crippen LogP contribution in [0.5, 0.6) is 0 Å². The van der Waals surface area contributed by atoms with E-state index in [0.29, 0.717) is 24.3 Å². The van der Waals surface area contributed by atoms with Crippen LogP contribution in [0.4, 0.5) is 5.82 Å². The highest BCUT2D eigenvalue weighted by Gasteiger charge is 2.29. The van der Waals surface area contributed by atoms with Crippen molar-refractivity contribution in [1.29, 1.82) is 0 Å². The maximum absolute atomic E-state index is 10.7. The van der Waals surface area contributed by atoms with Gasteiger partial charge in [-0.1, -0.05) is 0 Å². The molecule has 0 aromatic carbocycles. The zero-order chi connectivity index (χ0) is 15.0. The smallest absolute Gasteiger partial charge is 0.383 e. The van der Waals surface area contributed by atoms with Crippen LogP contribution in [-0.2, 0) is 13.8 Å². The van der Waals surface area contributed by atoms with Crippen molar-refractivity contribution in [2.45, 2.75) is 25.2 Å². The van der Waals surface area contributed by atoms with Crippen LogP contribution >= 0.6 is 7.82 Å². The molecule has 0 unspecified atom stereocenters. The van der Waals surface area contributed by atoms with Gasteiger partial charge in [0.2, 0.25) is 0 Å². The summed E-state index contributed by atoms with van der Waals surface area (Å²) in [5, 5.41) is 0.746. The van der Waals surface area contributed by atoms with E-state index in [-0.39, 0.29) is 18.9 Å². The number of fused-ring (bicyclic) bond motifs is 1. The van der Waals surface area contributed by atoms with Crippen LogP contribution in [-0.4, -0.2) is 37.0 Å². The summed E-state index contributed by atoms with van der Waals surface area (Å²) in [5.74, 6) is 0.401. The third kappa shape index (κ3) is 3.07. The van der Waals surface area contributed by atoms with E-state index in [4.69, 9.17) is 20.3 Å². The lowest BCUT2D eigenvalue weighted by atomic mass is 10.2. The summed E-state index contributed by atoms with van der Waals surface area (Å²) in [6.45, 7) is -0.142. The fourth-order valence-corrected chi connectivity index (χ4v) is 2.78. The molecule has 3 heterocycles. The molecule has 10 heteroatoms. The van der Waals surface area contributed by atoms with E-state index < -0.39 is 7.82 Å². The van der Waals surface area contributed by atoms with Crippen LogP contribution in [0.2, 0.25) is 0 Å². The average Bonchev–Trinajstić information content (AvgIpc) is 3.02. The van der Waals surface area contributed by atoms with E-state index in [1.54, 1.807) is 0 Å². The fourth-order valence-electron chi connectivity index (χ4n) is 2.42. The molecule has 0 aliphatic carbocycles. The number of hydrogen-bond acceptors (Lipinski definition) is 6. The monoisotopic (exact) mass is 314 g/mol. The summed E-state index contributed by atoms with van der Waals surface area (Å²) in [7, 11) is -4.47. The second kappa shape index (κ2) is 5.36. The first-order valence-electron chi connectivity index (χ1n) is 6.36. The standard InChI is InChI=1S/C11H15N4O5P/c12-10-8-3-4-15(11(8)14-6-13-10)9-2-1-7(20-9)5-19-21(16,17)18/h3-4,6-7,9H,1-2,5H2,(H2,12,13,14)(H2,16,17,18)/t7-,9+/m0/s1. The Hall–Kier alpha value is -1.51.